The van der Waals surface area contributed by atoms with Crippen molar-refractivity contribution in [1.82, 2.24) is 0 Å². The molecule has 0 saturated heterocycles. The average Bonchev–Trinajstić information content (AvgIpc) is 2.93. The third kappa shape index (κ3) is 1.37. The Morgan fingerprint density at radius 3 is 2.40 bits per heavy atom. The zero-order valence-corrected chi connectivity index (χ0v) is 11.6. The number of benzene rings is 2. The molecule has 2 aromatic rings. The van der Waals surface area contributed by atoms with Gasteiger partial charge >= 0.3 is 0 Å². The molecule has 0 amide bonds. The minimum atomic E-state index is -0.250. The second kappa shape index (κ2) is 3.85. The normalized spacial score (nSPS) is 39.0. The Kier molecular flexibility index (Phi) is 2.18. The van der Waals surface area contributed by atoms with Crippen LogP contribution in [0, 0.1) is 29.6 Å². The van der Waals surface area contributed by atoms with Crippen LogP contribution in [0.5, 0.6) is 0 Å². The monoisotopic (exact) mass is 264 g/mol. The first-order valence-electron chi connectivity index (χ1n) is 8.00. The average molecular weight is 264 g/mol. The standard InChI is InChI=1S/C19H20O/c20-19(18-16-12-8-9-13(10-12)17(16)18)15-7-3-5-11-4-1-2-6-14(11)15/h1-7,12-13,16-20H,8-10H2. The molecule has 2 bridgehead atoms. The van der Waals surface area contributed by atoms with Crippen molar-refractivity contribution in [3.63, 3.8) is 0 Å². The lowest BCUT2D eigenvalue weighted by Gasteiger charge is -2.17. The Hall–Kier alpha value is -1.34. The lowest BCUT2D eigenvalue weighted by Crippen LogP contribution is -2.08. The molecule has 1 heteroatoms. The molecule has 0 spiro atoms. The molecule has 0 aromatic heterocycles. The predicted octanol–water partition coefficient (Wildman–Crippen LogP) is 4.17. The van der Waals surface area contributed by atoms with Crippen LogP contribution in [0.25, 0.3) is 10.8 Å². The molecule has 3 aliphatic carbocycles. The Labute approximate surface area is 119 Å². The van der Waals surface area contributed by atoms with E-state index in [0.717, 1.165) is 29.2 Å². The van der Waals surface area contributed by atoms with E-state index in [1.807, 2.05) is 0 Å². The Bertz CT molecular complexity index is 655. The number of aliphatic hydroxyl groups is 1. The number of hydrogen-bond acceptors (Lipinski definition) is 1. The van der Waals surface area contributed by atoms with Crippen LogP contribution < -0.4 is 0 Å². The van der Waals surface area contributed by atoms with Crippen LogP contribution in [0.4, 0.5) is 0 Å². The van der Waals surface area contributed by atoms with Gasteiger partial charge in [0, 0.05) is 0 Å². The van der Waals surface area contributed by atoms with Crippen molar-refractivity contribution in [1.29, 1.82) is 0 Å². The lowest BCUT2D eigenvalue weighted by molar-refractivity contribution is 0.131. The molecule has 5 unspecified atom stereocenters. The Morgan fingerprint density at radius 2 is 1.60 bits per heavy atom. The lowest BCUT2D eigenvalue weighted by atomic mass is 9.92. The molecule has 3 fully saturated rings. The maximum atomic E-state index is 10.9. The molecule has 2 aromatic carbocycles. The quantitative estimate of drug-likeness (QED) is 0.863. The summed E-state index contributed by atoms with van der Waals surface area (Å²) in [6.07, 6.45) is 4.04. The van der Waals surface area contributed by atoms with Gasteiger partial charge in [0.1, 0.15) is 0 Å². The summed E-state index contributed by atoms with van der Waals surface area (Å²) in [6, 6.07) is 14.8. The molecule has 0 radical (unpaired) electrons. The highest BCUT2D eigenvalue weighted by molar-refractivity contribution is 5.86. The van der Waals surface area contributed by atoms with Crippen molar-refractivity contribution in [3.05, 3.63) is 48.0 Å². The van der Waals surface area contributed by atoms with Crippen LogP contribution in [-0.2, 0) is 0 Å². The van der Waals surface area contributed by atoms with Crippen molar-refractivity contribution in [2.75, 3.05) is 0 Å². The van der Waals surface area contributed by atoms with Crippen molar-refractivity contribution in [2.45, 2.75) is 25.4 Å². The van der Waals surface area contributed by atoms with Crippen LogP contribution >= 0.6 is 0 Å². The third-order valence-corrected chi connectivity index (χ3v) is 6.30. The first-order chi connectivity index (χ1) is 9.84. The summed E-state index contributed by atoms with van der Waals surface area (Å²) in [5.74, 6) is 4.08. The molecule has 1 N–H and O–H groups in total. The molecule has 1 nitrogen and oxygen atoms in total. The second-order valence-corrected chi connectivity index (χ2v) is 7.08. The van der Waals surface area contributed by atoms with Crippen LogP contribution in [0.3, 0.4) is 0 Å². The second-order valence-electron chi connectivity index (χ2n) is 7.08. The van der Waals surface area contributed by atoms with Gasteiger partial charge in [-0.25, -0.2) is 0 Å². The molecule has 3 saturated carbocycles. The summed E-state index contributed by atoms with van der Waals surface area (Å²) in [4.78, 5) is 0. The Balaban J connectivity index is 1.53. The van der Waals surface area contributed by atoms with Crippen molar-refractivity contribution in [3.8, 4) is 0 Å². The van der Waals surface area contributed by atoms with E-state index < -0.39 is 0 Å². The van der Waals surface area contributed by atoms with Gasteiger partial charge in [-0.05, 0) is 65.2 Å². The summed E-state index contributed by atoms with van der Waals surface area (Å²) >= 11 is 0. The first-order valence-corrected chi connectivity index (χ1v) is 8.00. The van der Waals surface area contributed by atoms with E-state index in [1.165, 1.54) is 30.0 Å². The molecule has 5 rings (SSSR count). The van der Waals surface area contributed by atoms with Gasteiger partial charge in [-0.15, -0.1) is 0 Å². The summed E-state index contributed by atoms with van der Waals surface area (Å²) in [5.41, 5.74) is 1.15. The smallest absolute Gasteiger partial charge is 0.0829 e. The molecule has 102 valence electrons. The van der Waals surface area contributed by atoms with E-state index in [9.17, 15) is 5.11 Å². The number of rotatable bonds is 2. The van der Waals surface area contributed by atoms with Crippen LogP contribution in [0.2, 0.25) is 0 Å². The Morgan fingerprint density at radius 1 is 0.900 bits per heavy atom. The molecule has 5 atom stereocenters. The number of aliphatic hydroxyl groups excluding tert-OH is 1. The topological polar surface area (TPSA) is 20.2 Å². The fourth-order valence-electron chi connectivity index (χ4n) is 5.53. The third-order valence-electron chi connectivity index (χ3n) is 6.30. The zero-order chi connectivity index (χ0) is 13.3. The van der Waals surface area contributed by atoms with Gasteiger partial charge in [0.2, 0.25) is 0 Å². The van der Waals surface area contributed by atoms with E-state index in [1.54, 1.807) is 0 Å². The van der Waals surface area contributed by atoms with E-state index in [0.29, 0.717) is 5.92 Å². The summed E-state index contributed by atoms with van der Waals surface area (Å²) in [7, 11) is 0. The van der Waals surface area contributed by atoms with Crippen LogP contribution in [-0.4, -0.2) is 5.11 Å². The largest absolute Gasteiger partial charge is 0.388 e. The van der Waals surface area contributed by atoms with Gasteiger partial charge in [-0.3, -0.25) is 0 Å². The van der Waals surface area contributed by atoms with E-state index in [4.69, 9.17) is 0 Å². The maximum Gasteiger partial charge on any atom is 0.0829 e. The minimum absolute atomic E-state index is 0.250. The summed E-state index contributed by atoms with van der Waals surface area (Å²) in [6.45, 7) is 0. The van der Waals surface area contributed by atoms with Gasteiger partial charge in [0.15, 0.2) is 0 Å². The SMILES string of the molecule is OC(c1cccc2ccccc12)C1C2C3CCC(C3)C21. The summed E-state index contributed by atoms with van der Waals surface area (Å²) in [5, 5.41) is 13.4. The van der Waals surface area contributed by atoms with Crippen molar-refractivity contribution < 1.29 is 5.11 Å². The fraction of sp³-hybridized carbons (Fsp3) is 0.474. The van der Waals surface area contributed by atoms with Crippen molar-refractivity contribution >= 4 is 10.8 Å². The molecule has 3 aliphatic rings. The van der Waals surface area contributed by atoms with Gasteiger partial charge in [0.05, 0.1) is 6.10 Å². The van der Waals surface area contributed by atoms with Gasteiger partial charge in [-0.2, -0.15) is 0 Å². The molecule has 20 heavy (non-hydrogen) atoms. The minimum Gasteiger partial charge on any atom is -0.388 e. The molecular formula is C19H20O. The molecular weight excluding hydrogens is 244 g/mol. The zero-order valence-electron chi connectivity index (χ0n) is 11.6. The van der Waals surface area contributed by atoms with Gasteiger partial charge in [0.25, 0.3) is 0 Å². The highest BCUT2D eigenvalue weighted by Crippen LogP contribution is 2.72. The number of hydrogen-bond donors (Lipinski definition) is 1. The number of fused-ring (bicyclic) bond motifs is 6. The van der Waals surface area contributed by atoms with Gasteiger partial charge < -0.3 is 5.11 Å². The highest BCUT2D eigenvalue weighted by Gasteiger charge is 2.66. The first kappa shape index (κ1) is 11.3. The van der Waals surface area contributed by atoms with E-state index >= 15 is 0 Å². The maximum absolute atomic E-state index is 10.9. The highest BCUT2D eigenvalue weighted by atomic mass is 16.3. The van der Waals surface area contributed by atoms with E-state index in [2.05, 4.69) is 42.5 Å². The van der Waals surface area contributed by atoms with Crippen LogP contribution in [0.1, 0.15) is 30.9 Å². The fourth-order valence-corrected chi connectivity index (χ4v) is 5.53. The van der Waals surface area contributed by atoms with Crippen molar-refractivity contribution in [2.24, 2.45) is 29.6 Å². The predicted molar refractivity (Wildman–Crippen MR) is 80.2 cm³/mol. The summed E-state index contributed by atoms with van der Waals surface area (Å²) < 4.78 is 0. The van der Waals surface area contributed by atoms with Gasteiger partial charge in [-0.1, -0.05) is 42.5 Å². The van der Waals surface area contributed by atoms with Crippen LogP contribution in [0.15, 0.2) is 42.5 Å². The van der Waals surface area contributed by atoms with E-state index in [-0.39, 0.29) is 6.10 Å². The molecule has 0 aliphatic heterocycles. The molecule has 0 heterocycles.